The Morgan fingerprint density at radius 1 is 0.867 bits per heavy atom. The van der Waals surface area contributed by atoms with Crippen molar-refractivity contribution < 1.29 is 0 Å². The molecule has 2 nitrogen and oxygen atoms in total. The molecule has 0 unspecified atom stereocenters. The first-order valence-corrected chi connectivity index (χ1v) is 6.64. The van der Waals surface area contributed by atoms with Crippen molar-refractivity contribution in [2.75, 3.05) is 33.7 Å². The van der Waals surface area contributed by atoms with Crippen molar-refractivity contribution in [1.82, 2.24) is 10.2 Å². The molecule has 0 spiro atoms. The Labute approximate surface area is 96.4 Å². The molecule has 0 radical (unpaired) electrons. The zero-order valence-electron chi connectivity index (χ0n) is 11.0. The minimum absolute atomic E-state index is 1.17. The molecule has 0 rings (SSSR count). The summed E-state index contributed by atoms with van der Waals surface area (Å²) >= 11 is 0. The molecular formula is C13H30N2. The Hall–Kier alpha value is -0.0800. The Kier molecular flexibility index (Phi) is 11.9. The molecule has 15 heavy (non-hydrogen) atoms. The van der Waals surface area contributed by atoms with Crippen molar-refractivity contribution in [1.29, 1.82) is 0 Å². The second-order valence-electron chi connectivity index (χ2n) is 4.53. The monoisotopic (exact) mass is 214 g/mol. The molecule has 0 aliphatic heterocycles. The summed E-state index contributed by atoms with van der Waals surface area (Å²) in [4.78, 5) is 2.48. The molecular weight excluding hydrogens is 184 g/mol. The molecule has 0 aliphatic carbocycles. The van der Waals surface area contributed by atoms with Crippen molar-refractivity contribution in [3.8, 4) is 0 Å². The van der Waals surface area contributed by atoms with E-state index in [1.54, 1.807) is 0 Å². The van der Waals surface area contributed by atoms with Gasteiger partial charge in [-0.1, -0.05) is 32.6 Å². The molecule has 0 atom stereocenters. The highest BCUT2D eigenvalue weighted by molar-refractivity contribution is 4.53. The smallest absolute Gasteiger partial charge is 0.00218 e. The zero-order chi connectivity index (χ0) is 11.4. The van der Waals surface area contributed by atoms with Gasteiger partial charge in [-0.05, 0) is 53.0 Å². The van der Waals surface area contributed by atoms with Crippen molar-refractivity contribution in [2.45, 2.75) is 51.9 Å². The van der Waals surface area contributed by atoms with Crippen LogP contribution < -0.4 is 5.32 Å². The summed E-state index contributed by atoms with van der Waals surface area (Å²) in [6.07, 6.45) is 9.54. The Morgan fingerprint density at radius 3 is 2.07 bits per heavy atom. The first-order valence-electron chi connectivity index (χ1n) is 6.64. The zero-order valence-corrected chi connectivity index (χ0v) is 11.0. The lowest BCUT2D eigenvalue weighted by Crippen LogP contribution is -2.20. The summed E-state index contributed by atoms with van der Waals surface area (Å²) < 4.78 is 0. The molecule has 0 bridgehead atoms. The molecule has 0 fully saturated rings. The van der Waals surface area contributed by atoms with Gasteiger partial charge in [-0.3, -0.25) is 0 Å². The van der Waals surface area contributed by atoms with E-state index >= 15 is 0 Å². The minimum atomic E-state index is 1.17. The standard InChI is InChI=1S/C13H30N2/c1-4-5-9-12-15(3)13-10-7-6-8-11-14-2/h14H,4-13H2,1-3H3. The Morgan fingerprint density at radius 2 is 1.47 bits per heavy atom. The lowest BCUT2D eigenvalue weighted by Gasteiger charge is -2.15. The van der Waals surface area contributed by atoms with Gasteiger partial charge in [-0.15, -0.1) is 0 Å². The van der Waals surface area contributed by atoms with Gasteiger partial charge in [0.15, 0.2) is 0 Å². The highest BCUT2D eigenvalue weighted by Crippen LogP contribution is 2.02. The van der Waals surface area contributed by atoms with Crippen molar-refractivity contribution in [3.63, 3.8) is 0 Å². The lowest BCUT2D eigenvalue weighted by molar-refractivity contribution is 0.316. The van der Waals surface area contributed by atoms with Gasteiger partial charge in [-0.2, -0.15) is 0 Å². The quantitative estimate of drug-likeness (QED) is 0.532. The maximum Gasteiger partial charge on any atom is -0.00218 e. The van der Waals surface area contributed by atoms with E-state index in [0.29, 0.717) is 0 Å². The highest BCUT2D eigenvalue weighted by Gasteiger charge is 1.97. The summed E-state index contributed by atoms with van der Waals surface area (Å²) in [5.74, 6) is 0. The topological polar surface area (TPSA) is 15.3 Å². The van der Waals surface area contributed by atoms with E-state index in [-0.39, 0.29) is 0 Å². The van der Waals surface area contributed by atoms with E-state index in [0.717, 1.165) is 0 Å². The van der Waals surface area contributed by atoms with Crippen LogP contribution in [0.1, 0.15) is 51.9 Å². The fraction of sp³-hybridized carbons (Fsp3) is 1.00. The Bertz CT molecular complexity index is 115. The van der Waals surface area contributed by atoms with Crippen LogP contribution in [0.4, 0.5) is 0 Å². The van der Waals surface area contributed by atoms with Crippen molar-refractivity contribution in [3.05, 3.63) is 0 Å². The van der Waals surface area contributed by atoms with Gasteiger partial charge in [0, 0.05) is 0 Å². The van der Waals surface area contributed by atoms with Crippen LogP contribution in [0.2, 0.25) is 0 Å². The largest absolute Gasteiger partial charge is 0.320 e. The second kappa shape index (κ2) is 12.0. The van der Waals surface area contributed by atoms with Crippen LogP contribution in [-0.4, -0.2) is 38.6 Å². The summed E-state index contributed by atoms with van der Waals surface area (Å²) in [7, 11) is 4.28. The van der Waals surface area contributed by atoms with Gasteiger partial charge in [0.2, 0.25) is 0 Å². The highest BCUT2D eigenvalue weighted by atomic mass is 15.1. The minimum Gasteiger partial charge on any atom is -0.320 e. The number of nitrogens with one attached hydrogen (secondary N) is 1. The predicted octanol–water partition coefficient (Wildman–Crippen LogP) is 2.89. The van der Waals surface area contributed by atoms with Gasteiger partial charge in [0.25, 0.3) is 0 Å². The van der Waals surface area contributed by atoms with Crippen LogP contribution >= 0.6 is 0 Å². The van der Waals surface area contributed by atoms with Crippen LogP contribution in [0.15, 0.2) is 0 Å². The van der Waals surface area contributed by atoms with Crippen LogP contribution in [-0.2, 0) is 0 Å². The van der Waals surface area contributed by atoms with E-state index in [9.17, 15) is 0 Å². The van der Waals surface area contributed by atoms with Crippen LogP contribution in [0, 0.1) is 0 Å². The summed E-state index contributed by atoms with van der Waals surface area (Å²) in [5.41, 5.74) is 0. The third kappa shape index (κ3) is 11.8. The fourth-order valence-corrected chi connectivity index (χ4v) is 1.78. The van der Waals surface area contributed by atoms with Crippen LogP contribution in [0.3, 0.4) is 0 Å². The Balaban J connectivity index is 3.06. The van der Waals surface area contributed by atoms with E-state index in [4.69, 9.17) is 0 Å². The van der Waals surface area contributed by atoms with Gasteiger partial charge < -0.3 is 10.2 Å². The molecule has 0 saturated heterocycles. The molecule has 0 heterocycles. The van der Waals surface area contributed by atoms with E-state index in [1.807, 2.05) is 7.05 Å². The number of hydrogen-bond acceptors (Lipinski definition) is 2. The average molecular weight is 214 g/mol. The van der Waals surface area contributed by atoms with E-state index in [2.05, 4.69) is 24.2 Å². The molecule has 0 saturated carbocycles. The number of nitrogens with zero attached hydrogens (tertiary/aromatic N) is 1. The van der Waals surface area contributed by atoms with Crippen molar-refractivity contribution >= 4 is 0 Å². The second-order valence-corrected chi connectivity index (χ2v) is 4.53. The third-order valence-corrected chi connectivity index (χ3v) is 2.86. The van der Waals surface area contributed by atoms with Gasteiger partial charge >= 0.3 is 0 Å². The third-order valence-electron chi connectivity index (χ3n) is 2.86. The summed E-state index contributed by atoms with van der Waals surface area (Å²) in [6, 6.07) is 0. The first-order chi connectivity index (χ1) is 7.31. The summed E-state index contributed by atoms with van der Waals surface area (Å²) in [6.45, 7) is 6.00. The first kappa shape index (κ1) is 14.9. The number of unbranched alkanes of at least 4 members (excludes halogenated alkanes) is 5. The molecule has 0 amide bonds. The van der Waals surface area contributed by atoms with E-state index < -0.39 is 0 Å². The molecule has 0 aromatic rings. The predicted molar refractivity (Wildman–Crippen MR) is 69.4 cm³/mol. The van der Waals surface area contributed by atoms with Crippen LogP contribution in [0.5, 0.6) is 0 Å². The number of hydrogen-bond donors (Lipinski definition) is 1. The molecule has 0 aromatic heterocycles. The summed E-state index contributed by atoms with van der Waals surface area (Å²) in [5, 5.41) is 3.19. The van der Waals surface area contributed by atoms with Crippen molar-refractivity contribution in [2.24, 2.45) is 0 Å². The molecule has 0 aromatic carbocycles. The lowest BCUT2D eigenvalue weighted by atomic mass is 10.2. The van der Waals surface area contributed by atoms with Crippen LogP contribution in [0.25, 0.3) is 0 Å². The SMILES string of the molecule is CCCCCN(C)CCCCCCNC. The maximum atomic E-state index is 3.19. The molecule has 92 valence electrons. The fourth-order valence-electron chi connectivity index (χ4n) is 1.78. The number of rotatable bonds is 11. The maximum absolute atomic E-state index is 3.19. The molecule has 1 N–H and O–H groups in total. The molecule has 0 aliphatic rings. The van der Waals surface area contributed by atoms with Gasteiger partial charge in [0.05, 0.1) is 0 Å². The van der Waals surface area contributed by atoms with E-state index in [1.165, 1.54) is 64.6 Å². The average Bonchev–Trinajstić information content (AvgIpc) is 2.23. The van der Waals surface area contributed by atoms with Gasteiger partial charge in [0.1, 0.15) is 0 Å². The van der Waals surface area contributed by atoms with Gasteiger partial charge in [-0.25, -0.2) is 0 Å². The normalized spacial score (nSPS) is 11.2. The molecule has 2 heteroatoms.